The maximum atomic E-state index is 13.5. The SMILES string of the molecule is CCC(CC)c1c(C(=O)c2ccc(OC)cc2)c(O)c(O)n1-c1ccc(-c2noc(C)n2)cc1. The molecule has 0 amide bonds. The van der Waals surface area contributed by atoms with E-state index in [0.717, 1.165) is 18.4 Å². The van der Waals surface area contributed by atoms with Crippen LogP contribution in [0.3, 0.4) is 0 Å². The molecule has 0 spiro atoms. The second-order valence-electron chi connectivity index (χ2n) is 8.02. The van der Waals surface area contributed by atoms with Crippen LogP contribution in [0, 0.1) is 6.92 Å². The number of aryl methyl sites for hydroxylation is 1. The fraction of sp³-hybridized carbons (Fsp3) is 0.269. The van der Waals surface area contributed by atoms with Crippen LogP contribution in [0.2, 0.25) is 0 Å². The second-order valence-corrected chi connectivity index (χ2v) is 8.02. The van der Waals surface area contributed by atoms with Gasteiger partial charge in [0.2, 0.25) is 17.6 Å². The molecule has 0 aliphatic heterocycles. The molecule has 2 heterocycles. The highest BCUT2D eigenvalue weighted by atomic mass is 16.5. The van der Waals surface area contributed by atoms with Crippen LogP contribution in [0.25, 0.3) is 17.1 Å². The Morgan fingerprint density at radius 3 is 2.24 bits per heavy atom. The van der Waals surface area contributed by atoms with Crippen LogP contribution >= 0.6 is 0 Å². The van der Waals surface area contributed by atoms with Crippen LogP contribution in [0.15, 0.2) is 53.1 Å². The van der Waals surface area contributed by atoms with E-state index in [9.17, 15) is 15.0 Å². The molecule has 0 radical (unpaired) electrons. The number of ketones is 1. The molecule has 34 heavy (non-hydrogen) atoms. The van der Waals surface area contributed by atoms with Gasteiger partial charge in [0, 0.05) is 35.3 Å². The topological polar surface area (TPSA) is 111 Å². The van der Waals surface area contributed by atoms with E-state index in [1.807, 2.05) is 13.8 Å². The molecule has 2 N–H and O–H groups in total. The number of aromatic nitrogens is 3. The van der Waals surface area contributed by atoms with E-state index in [1.165, 1.54) is 0 Å². The molecule has 0 unspecified atom stereocenters. The summed E-state index contributed by atoms with van der Waals surface area (Å²) in [5.41, 5.74) is 2.42. The smallest absolute Gasteiger partial charge is 0.240 e. The summed E-state index contributed by atoms with van der Waals surface area (Å²) in [5.74, 6) is 0.309. The van der Waals surface area contributed by atoms with E-state index >= 15 is 0 Å². The van der Waals surface area contributed by atoms with Gasteiger partial charge in [0.25, 0.3) is 0 Å². The van der Waals surface area contributed by atoms with Crippen molar-refractivity contribution in [2.75, 3.05) is 7.11 Å². The molecule has 0 aliphatic carbocycles. The van der Waals surface area contributed by atoms with Gasteiger partial charge in [0.05, 0.1) is 12.7 Å². The highest BCUT2D eigenvalue weighted by Crippen LogP contribution is 2.44. The minimum absolute atomic E-state index is 0.0662. The van der Waals surface area contributed by atoms with Crippen LogP contribution in [-0.2, 0) is 0 Å². The number of benzene rings is 2. The third-order valence-electron chi connectivity index (χ3n) is 6.02. The Hall–Kier alpha value is -4.07. The minimum atomic E-state index is -0.430. The van der Waals surface area contributed by atoms with Gasteiger partial charge in [0.15, 0.2) is 11.5 Å². The van der Waals surface area contributed by atoms with Crippen molar-refractivity contribution in [1.29, 1.82) is 0 Å². The zero-order valence-corrected chi connectivity index (χ0v) is 19.6. The van der Waals surface area contributed by atoms with Gasteiger partial charge in [-0.15, -0.1) is 0 Å². The quantitative estimate of drug-likeness (QED) is 0.338. The predicted molar refractivity (Wildman–Crippen MR) is 127 cm³/mol. The Bertz CT molecular complexity index is 1300. The van der Waals surface area contributed by atoms with Crippen LogP contribution in [0.1, 0.15) is 60.1 Å². The summed E-state index contributed by atoms with van der Waals surface area (Å²) in [6.45, 7) is 5.75. The van der Waals surface area contributed by atoms with Gasteiger partial charge in [-0.1, -0.05) is 19.0 Å². The van der Waals surface area contributed by atoms with Crippen LogP contribution in [0.4, 0.5) is 0 Å². The Morgan fingerprint density at radius 1 is 1.06 bits per heavy atom. The van der Waals surface area contributed by atoms with Gasteiger partial charge in [-0.3, -0.25) is 9.36 Å². The summed E-state index contributed by atoms with van der Waals surface area (Å²) < 4.78 is 11.8. The lowest BCUT2D eigenvalue weighted by atomic mass is 9.92. The molecular weight excluding hydrogens is 434 g/mol. The molecule has 2 aromatic heterocycles. The maximum Gasteiger partial charge on any atom is 0.240 e. The Balaban J connectivity index is 1.85. The number of methoxy groups -OCH3 is 1. The predicted octanol–water partition coefficient (Wildman–Crippen LogP) is 5.39. The van der Waals surface area contributed by atoms with Crippen molar-refractivity contribution in [3.63, 3.8) is 0 Å². The molecule has 4 rings (SSSR count). The number of hydrogen-bond donors (Lipinski definition) is 2. The standard InChI is InChI=1S/C26H27N3O5/c1-5-16(6-2)22-21(23(30)17-9-13-20(33-4)14-10-17)24(31)26(32)29(22)19-11-7-18(8-12-19)25-27-15(3)34-28-25/h7-14,16,31-32H,5-6H2,1-4H3. The monoisotopic (exact) mass is 461 g/mol. The van der Waals surface area contributed by atoms with Gasteiger partial charge in [-0.25, -0.2) is 0 Å². The zero-order chi connectivity index (χ0) is 24.4. The molecule has 0 fully saturated rings. The van der Waals surface area contributed by atoms with Gasteiger partial charge in [-0.2, -0.15) is 4.98 Å². The first-order valence-electron chi connectivity index (χ1n) is 11.2. The Kier molecular flexibility index (Phi) is 6.40. The molecule has 0 atom stereocenters. The normalized spacial score (nSPS) is 11.2. The highest BCUT2D eigenvalue weighted by Gasteiger charge is 2.32. The molecule has 0 saturated carbocycles. The van der Waals surface area contributed by atoms with E-state index in [4.69, 9.17) is 9.26 Å². The molecule has 8 heteroatoms. The minimum Gasteiger partial charge on any atom is -0.503 e. The van der Waals surface area contributed by atoms with Crippen LogP contribution in [-0.4, -0.2) is 37.8 Å². The van der Waals surface area contributed by atoms with Crippen LogP contribution in [0.5, 0.6) is 17.4 Å². The molecule has 4 aromatic rings. The first-order valence-corrected chi connectivity index (χ1v) is 11.2. The Morgan fingerprint density at radius 2 is 1.71 bits per heavy atom. The molecule has 0 aliphatic rings. The van der Waals surface area contributed by atoms with E-state index in [1.54, 1.807) is 67.1 Å². The first kappa shape index (κ1) is 23.1. The molecule has 8 nitrogen and oxygen atoms in total. The number of carbonyl (C=O) groups excluding carboxylic acids is 1. The Labute approximate surface area is 197 Å². The van der Waals surface area contributed by atoms with Gasteiger partial charge in [0.1, 0.15) is 5.75 Å². The van der Waals surface area contributed by atoms with Crippen molar-refractivity contribution in [2.24, 2.45) is 0 Å². The zero-order valence-electron chi connectivity index (χ0n) is 19.6. The summed E-state index contributed by atoms with van der Waals surface area (Å²) in [6, 6.07) is 13.9. The van der Waals surface area contributed by atoms with Gasteiger partial charge >= 0.3 is 0 Å². The summed E-state index contributed by atoms with van der Waals surface area (Å²) in [4.78, 5) is 17.7. The summed E-state index contributed by atoms with van der Waals surface area (Å²) in [6.07, 6.45) is 1.45. The highest BCUT2D eigenvalue weighted by molar-refractivity contribution is 6.12. The van der Waals surface area contributed by atoms with Gasteiger partial charge < -0.3 is 19.5 Å². The lowest BCUT2D eigenvalue weighted by Gasteiger charge is -2.19. The molecule has 176 valence electrons. The van der Waals surface area contributed by atoms with E-state index in [-0.39, 0.29) is 23.1 Å². The van der Waals surface area contributed by atoms with E-state index in [0.29, 0.717) is 34.4 Å². The van der Waals surface area contributed by atoms with Crippen molar-refractivity contribution in [3.05, 3.63) is 71.2 Å². The number of nitrogens with zero attached hydrogens (tertiary/aromatic N) is 3. The molecule has 0 saturated heterocycles. The third kappa shape index (κ3) is 4.03. The van der Waals surface area contributed by atoms with E-state index in [2.05, 4.69) is 10.1 Å². The lowest BCUT2D eigenvalue weighted by molar-refractivity contribution is 0.103. The fourth-order valence-corrected chi connectivity index (χ4v) is 4.18. The van der Waals surface area contributed by atoms with Crippen molar-refractivity contribution < 1.29 is 24.3 Å². The number of hydrogen-bond acceptors (Lipinski definition) is 7. The summed E-state index contributed by atoms with van der Waals surface area (Å²) in [7, 11) is 1.55. The van der Waals surface area contributed by atoms with Gasteiger partial charge in [-0.05, 0) is 61.4 Å². The summed E-state index contributed by atoms with van der Waals surface area (Å²) >= 11 is 0. The van der Waals surface area contributed by atoms with E-state index < -0.39 is 5.75 Å². The number of ether oxygens (including phenoxy) is 1. The van der Waals surface area contributed by atoms with Crippen molar-refractivity contribution >= 4 is 5.78 Å². The number of aromatic hydroxyl groups is 2. The van der Waals surface area contributed by atoms with Crippen molar-refractivity contribution in [1.82, 2.24) is 14.7 Å². The molecular formula is C26H27N3O5. The largest absolute Gasteiger partial charge is 0.503 e. The first-order chi connectivity index (χ1) is 16.4. The maximum absolute atomic E-state index is 13.5. The fourth-order valence-electron chi connectivity index (χ4n) is 4.18. The number of rotatable bonds is 8. The van der Waals surface area contributed by atoms with Crippen molar-refractivity contribution in [3.8, 4) is 34.5 Å². The lowest BCUT2D eigenvalue weighted by Crippen LogP contribution is -2.11. The average Bonchev–Trinajstić information content (AvgIpc) is 3.41. The molecule has 0 bridgehead atoms. The average molecular weight is 462 g/mol. The second kappa shape index (κ2) is 9.43. The summed E-state index contributed by atoms with van der Waals surface area (Å²) in [5, 5.41) is 25.8. The van der Waals surface area contributed by atoms with Crippen LogP contribution < -0.4 is 4.74 Å². The molecule has 2 aromatic carbocycles. The van der Waals surface area contributed by atoms with Crippen molar-refractivity contribution in [2.45, 2.75) is 39.5 Å². The third-order valence-corrected chi connectivity index (χ3v) is 6.02. The number of carbonyl (C=O) groups is 1.